The van der Waals surface area contributed by atoms with Gasteiger partial charge >= 0.3 is 5.97 Å². The summed E-state index contributed by atoms with van der Waals surface area (Å²) >= 11 is 2.85. The molecule has 1 fully saturated rings. The second kappa shape index (κ2) is 7.46. The molecule has 0 spiro atoms. The normalized spacial score (nSPS) is 14.6. The van der Waals surface area contributed by atoms with Crippen LogP contribution in [0.3, 0.4) is 0 Å². The van der Waals surface area contributed by atoms with Crippen molar-refractivity contribution in [2.75, 3.05) is 24.6 Å². The van der Waals surface area contributed by atoms with Gasteiger partial charge in [0.25, 0.3) is 0 Å². The Morgan fingerprint density at radius 3 is 2.92 bits per heavy atom. The maximum Gasteiger partial charge on any atom is 0.367 e. The Morgan fingerprint density at radius 2 is 2.12 bits per heavy atom. The van der Waals surface area contributed by atoms with Crippen molar-refractivity contribution in [2.24, 2.45) is 10.2 Å². The molecule has 0 radical (unpaired) electrons. The average Bonchev–Trinajstić information content (AvgIpc) is 3.38. The summed E-state index contributed by atoms with van der Waals surface area (Å²) in [5.74, 6) is -0.393. The number of carbonyl (C=O) groups excluding carboxylic acids is 1. The Labute approximate surface area is 158 Å². The fourth-order valence-electron chi connectivity index (χ4n) is 2.72. The first-order valence-corrected chi connectivity index (χ1v) is 10.1. The molecule has 0 bridgehead atoms. The molecule has 0 N–H and O–H groups in total. The summed E-state index contributed by atoms with van der Waals surface area (Å²) in [7, 11) is 0. The van der Waals surface area contributed by atoms with Gasteiger partial charge in [-0.25, -0.2) is 14.8 Å². The van der Waals surface area contributed by atoms with Gasteiger partial charge in [-0.15, -0.1) is 21.6 Å². The predicted molar refractivity (Wildman–Crippen MR) is 103 cm³/mol. The lowest BCUT2D eigenvalue weighted by Crippen LogP contribution is -2.16. The van der Waals surface area contributed by atoms with Gasteiger partial charge in [-0.1, -0.05) is 11.3 Å². The number of aromatic nitrogens is 2. The van der Waals surface area contributed by atoms with E-state index >= 15 is 0 Å². The minimum atomic E-state index is -0.393. The van der Waals surface area contributed by atoms with Crippen molar-refractivity contribution >= 4 is 54.7 Å². The van der Waals surface area contributed by atoms with Crippen LogP contribution in [0.25, 0.3) is 10.2 Å². The van der Waals surface area contributed by atoms with Gasteiger partial charge in [-0.3, -0.25) is 0 Å². The van der Waals surface area contributed by atoms with Crippen LogP contribution in [0.15, 0.2) is 34.6 Å². The molecule has 3 heterocycles. The number of carbonyl (C=O) groups is 1. The molecule has 3 aromatic rings. The Hall–Kier alpha value is -2.39. The number of rotatable bonds is 5. The van der Waals surface area contributed by atoms with E-state index in [2.05, 4.69) is 25.1 Å². The molecule has 0 amide bonds. The predicted octanol–water partition coefficient (Wildman–Crippen LogP) is 4.95. The van der Waals surface area contributed by atoms with Crippen LogP contribution >= 0.6 is 22.7 Å². The highest BCUT2D eigenvalue weighted by molar-refractivity contribution is 7.20. The van der Waals surface area contributed by atoms with Crippen molar-refractivity contribution in [3.05, 3.63) is 29.4 Å². The van der Waals surface area contributed by atoms with E-state index in [1.54, 1.807) is 24.5 Å². The lowest BCUT2D eigenvalue weighted by atomic mass is 10.3. The molecular formula is C17H17N5O2S2. The zero-order valence-corrected chi connectivity index (χ0v) is 15.8. The molecule has 1 aliphatic rings. The van der Waals surface area contributed by atoms with Gasteiger partial charge in [0, 0.05) is 13.1 Å². The van der Waals surface area contributed by atoms with E-state index in [1.807, 2.05) is 18.2 Å². The molecule has 2 aromatic heterocycles. The second-order valence-electron chi connectivity index (χ2n) is 5.77. The summed E-state index contributed by atoms with van der Waals surface area (Å²) in [6.07, 6.45) is 4.20. The van der Waals surface area contributed by atoms with Gasteiger partial charge in [-0.2, -0.15) is 0 Å². The summed E-state index contributed by atoms with van der Waals surface area (Å²) in [6, 6.07) is 5.55. The van der Waals surface area contributed by atoms with Gasteiger partial charge < -0.3 is 9.64 Å². The largest absolute Gasteiger partial charge is 0.461 e. The van der Waals surface area contributed by atoms with Crippen LogP contribution in [0.1, 0.15) is 29.6 Å². The molecule has 4 rings (SSSR count). The molecule has 0 saturated carbocycles. The Balaban J connectivity index is 1.51. The van der Waals surface area contributed by atoms with Crippen molar-refractivity contribution < 1.29 is 9.53 Å². The number of azo groups is 1. The maximum absolute atomic E-state index is 11.8. The maximum atomic E-state index is 11.8. The quantitative estimate of drug-likeness (QED) is 0.457. The molecular weight excluding hydrogens is 370 g/mol. The van der Waals surface area contributed by atoms with E-state index in [0.717, 1.165) is 33.4 Å². The van der Waals surface area contributed by atoms with Crippen molar-refractivity contribution in [1.29, 1.82) is 0 Å². The number of thiazole rings is 2. The van der Waals surface area contributed by atoms with Gasteiger partial charge in [0.2, 0.25) is 5.01 Å². The van der Waals surface area contributed by atoms with Gasteiger partial charge in [0.15, 0.2) is 10.1 Å². The number of fused-ring (bicyclic) bond motifs is 1. The summed E-state index contributed by atoms with van der Waals surface area (Å²) in [4.78, 5) is 22.8. The van der Waals surface area contributed by atoms with Gasteiger partial charge in [0.05, 0.1) is 28.7 Å². The molecule has 0 aliphatic carbocycles. The first kappa shape index (κ1) is 17.0. The van der Waals surface area contributed by atoms with Gasteiger partial charge in [0.1, 0.15) is 0 Å². The standard InChI is InChI=1S/C17H17N5O2S2/c1-2-24-16(23)15-19-12-6-5-11(9-13(12)25-15)20-21-14-10-18-17(26-14)22-7-3-4-8-22/h5-6,9-10H,2-4,7-8H2,1H3. The van der Waals surface area contributed by atoms with E-state index in [9.17, 15) is 4.79 Å². The lowest BCUT2D eigenvalue weighted by molar-refractivity contribution is 0.0526. The third kappa shape index (κ3) is 3.58. The second-order valence-corrected chi connectivity index (χ2v) is 7.78. The summed E-state index contributed by atoms with van der Waals surface area (Å²) in [5.41, 5.74) is 1.47. The van der Waals surface area contributed by atoms with Crippen LogP contribution in [0.5, 0.6) is 0 Å². The SMILES string of the molecule is CCOC(=O)c1nc2ccc(N=Nc3cnc(N4CCCC4)s3)cc2s1. The molecule has 1 aromatic carbocycles. The van der Waals surface area contributed by atoms with Crippen molar-refractivity contribution in [2.45, 2.75) is 19.8 Å². The number of ether oxygens (including phenoxy) is 1. The van der Waals surface area contributed by atoms with Crippen LogP contribution < -0.4 is 4.90 Å². The first-order chi connectivity index (χ1) is 12.7. The zero-order valence-electron chi connectivity index (χ0n) is 14.2. The van der Waals surface area contributed by atoms with Crippen molar-refractivity contribution in [3.8, 4) is 0 Å². The summed E-state index contributed by atoms with van der Waals surface area (Å²) in [5, 5.41) is 10.7. The van der Waals surface area contributed by atoms with E-state index in [4.69, 9.17) is 4.74 Å². The van der Waals surface area contributed by atoms with Crippen LogP contribution in [0.2, 0.25) is 0 Å². The fraction of sp³-hybridized carbons (Fsp3) is 0.353. The van der Waals surface area contributed by atoms with E-state index in [-0.39, 0.29) is 0 Å². The molecule has 0 unspecified atom stereocenters. The molecule has 7 nitrogen and oxygen atoms in total. The number of anilines is 1. The van der Waals surface area contributed by atoms with Gasteiger partial charge in [-0.05, 0) is 38.0 Å². The monoisotopic (exact) mass is 387 g/mol. The molecule has 26 heavy (non-hydrogen) atoms. The third-order valence-corrected chi connectivity index (χ3v) is 5.88. The summed E-state index contributed by atoms with van der Waals surface area (Å²) in [6.45, 7) is 4.24. The minimum Gasteiger partial charge on any atom is -0.461 e. The van der Waals surface area contributed by atoms with Crippen LogP contribution in [-0.4, -0.2) is 35.6 Å². The van der Waals surface area contributed by atoms with Crippen LogP contribution in [-0.2, 0) is 4.74 Å². The molecule has 9 heteroatoms. The fourth-order valence-corrected chi connectivity index (χ4v) is 4.40. The average molecular weight is 387 g/mol. The summed E-state index contributed by atoms with van der Waals surface area (Å²) < 4.78 is 5.88. The molecule has 1 aliphatic heterocycles. The number of hydrogen-bond donors (Lipinski definition) is 0. The smallest absolute Gasteiger partial charge is 0.367 e. The lowest BCUT2D eigenvalue weighted by Gasteiger charge is -2.11. The number of hydrogen-bond acceptors (Lipinski definition) is 9. The number of esters is 1. The highest BCUT2D eigenvalue weighted by Gasteiger charge is 2.16. The number of benzene rings is 1. The molecule has 1 saturated heterocycles. The van der Waals surface area contributed by atoms with E-state index in [1.165, 1.54) is 24.2 Å². The van der Waals surface area contributed by atoms with Crippen LogP contribution in [0.4, 0.5) is 15.8 Å². The Kier molecular flexibility index (Phi) is 4.89. The minimum absolute atomic E-state index is 0.336. The Morgan fingerprint density at radius 1 is 1.27 bits per heavy atom. The molecule has 134 valence electrons. The van der Waals surface area contributed by atoms with E-state index in [0.29, 0.717) is 17.3 Å². The van der Waals surface area contributed by atoms with E-state index < -0.39 is 5.97 Å². The highest BCUT2D eigenvalue weighted by Crippen LogP contribution is 2.33. The zero-order chi connectivity index (χ0) is 17.9. The Bertz CT molecular complexity index is 959. The number of nitrogens with zero attached hydrogens (tertiary/aromatic N) is 5. The first-order valence-electron chi connectivity index (χ1n) is 8.43. The third-order valence-electron chi connectivity index (χ3n) is 3.94. The topological polar surface area (TPSA) is 80.0 Å². The van der Waals surface area contributed by atoms with Crippen molar-refractivity contribution in [1.82, 2.24) is 9.97 Å². The molecule has 0 atom stereocenters. The van der Waals surface area contributed by atoms with Crippen LogP contribution in [0, 0.1) is 0 Å². The highest BCUT2D eigenvalue weighted by atomic mass is 32.1. The van der Waals surface area contributed by atoms with Crippen molar-refractivity contribution in [3.63, 3.8) is 0 Å².